The third-order valence-corrected chi connectivity index (χ3v) is 14.9. The Bertz CT molecular complexity index is 1750. The standard InChI is InChI=1S/C36H35N2O6PS3/c1-4-47-35(46)48-33-30(36(2,3)41)31(39)37(33)32(34(40)44-24-25-20-22-26(23-21-25)38(42)43)45(27-14-8-5-9-15-27,28-16-10-6-11-17-28)29-18-12-7-13-19-29/h5-23,30,33,41H,4,24H2,1-3H3. The number of β-lactam (4-membered cyclic amide) rings is 1. The van der Waals surface area contributed by atoms with Crippen molar-refractivity contribution in [3.05, 3.63) is 131 Å². The van der Waals surface area contributed by atoms with Gasteiger partial charge in [-0.15, -0.1) is 11.8 Å². The highest BCUT2D eigenvalue weighted by molar-refractivity contribution is 8.47. The van der Waals surface area contributed by atoms with Gasteiger partial charge in [-0.3, -0.25) is 19.8 Å². The van der Waals surface area contributed by atoms with Crippen LogP contribution in [0.3, 0.4) is 0 Å². The van der Waals surface area contributed by atoms with Gasteiger partial charge in [0.2, 0.25) is 5.91 Å². The SMILES string of the molecule is CCSC(=S)SC1C(C(C)(C)O)C(=O)N1C(C(=O)OCc1ccc([N+](=O)[O-])cc1)=P(c1ccccc1)(c1ccccc1)c1ccccc1. The highest BCUT2D eigenvalue weighted by Crippen LogP contribution is 2.52. The number of benzene rings is 4. The first-order chi connectivity index (χ1) is 23.0. The lowest BCUT2D eigenvalue weighted by molar-refractivity contribution is -0.384. The summed E-state index contributed by atoms with van der Waals surface area (Å²) in [6.45, 7) is 1.81. The number of carbonyl (C=O) groups excluding carboxylic acids is 2. The summed E-state index contributed by atoms with van der Waals surface area (Å²) in [5.74, 6) is -1.23. The molecular formula is C36H35N2O6PS3. The second-order valence-electron chi connectivity index (χ2n) is 11.5. The zero-order chi connectivity index (χ0) is 34.5. The summed E-state index contributed by atoms with van der Waals surface area (Å²) in [6.07, 6.45) is 0. The summed E-state index contributed by atoms with van der Waals surface area (Å²) >= 11 is 8.46. The Morgan fingerprint density at radius 2 is 1.40 bits per heavy atom. The van der Waals surface area contributed by atoms with Crippen LogP contribution in [0.4, 0.5) is 5.69 Å². The molecule has 0 radical (unpaired) electrons. The second-order valence-corrected chi connectivity index (χ2v) is 18.4. The lowest BCUT2D eigenvalue weighted by atomic mass is 9.83. The van der Waals surface area contributed by atoms with Gasteiger partial charge in [0.25, 0.3) is 5.69 Å². The van der Waals surface area contributed by atoms with Crippen molar-refractivity contribution in [2.75, 3.05) is 5.75 Å². The summed E-state index contributed by atoms with van der Waals surface area (Å²) in [7, 11) is 0. The average Bonchev–Trinajstić information content (AvgIpc) is 3.08. The van der Waals surface area contributed by atoms with Gasteiger partial charge in [0.05, 0.1) is 16.4 Å². The van der Waals surface area contributed by atoms with Crippen molar-refractivity contribution in [3.63, 3.8) is 0 Å². The van der Waals surface area contributed by atoms with Gasteiger partial charge >= 0.3 is 5.97 Å². The topological polar surface area (TPSA) is 110 Å². The minimum atomic E-state index is -3.18. The molecule has 0 aliphatic carbocycles. The predicted molar refractivity (Wildman–Crippen MR) is 202 cm³/mol. The molecule has 4 aromatic carbocycles. The van der Waals surface area contributed by atoms with Crippen LogP contribution in [0.15, 0.2) is 115 Å². The largest absolute Gasteiger partial charge is 0.456 e. The molecular weight excluding hydrogens is 684 g/mol. The fraction of sp³-hybridized carbons (Fsp3) is 0.222. The number of carbonyl (C=O) groups is 2. The second kappa shape index (κ2) is 15.2. The molecule has 0 spiro atoms. The van der Waals surface area contributed by atoms with E-state index in [0.29, 0.717) is 9.09 Å². The van der Waals surface area contributed by atoms with Crippen LogP contribution in [-0.2, 0) is 20.9 Å². The third kappa shape index (κ3) is 7.16. The number of hydrogen-bond acceptors (Lipinski definition) is 9. The number of non-ortho nitro benzene ring substituents is 1. The number of nitrogens with zero attached hydrogens (tertiary/aromatic N) is 2. The minimum absolute atomic E-state index is 0.0795. The van der Waals surface area contributed by atoms with Crippen molar-refractivity contribution in [1.82, 2.24) is 4.90 Å². The Morgan fingerprint density at radius 3 is 1.81 bits per heavy atom. The zero-order valence-corrected chi connectivity index (χ0v) is 29.9. The van der Waals surface area contributed by atoms with Crippen LogP contribution < -0.4 is 15.9 Å². The number of thioether (sulfide) groups is 2. The summed E-state index contributed by atoms with van der Waals surface area (Å²) in [4.78, 5) is 41.6. The molecule has 0 saturated carbocycles. The van der Waals surface area contributed by atoms with Crippen LogP contribution in [0.25, 0.3) is 0 Å². The highest BCUT2D eigenvalue weighted by atomic mass is 32.2. The molecule has 1 saturated heterocycles. The van der Waals surface area contributed by atoms with E-state index in [-0.39, 0.29) is 17.7 Å². The number of esters is 1. The lowest BCUT2D eigenvalue weighted by Crippen LogP contribution is -2.69. The van der Waals surface area contributed by atoms with Crippen molar-refractivity contribution in [2.45, 2.75) is 38.4 Å². The maximum atomic E-state index is 14.9. The van der Waals surface area contributed by atoms with Gasteiger partial charge in [-0.25, -0.2) is 4.79 Å². The summed E-state index contributed by atoms with van der Waals surface area (Å²) in [6, 6.07) is 34.8. The zero-order valence-electron chi connectivity index (χ0n) is 26.6. The molecule has 1 N–H and O–H groups in total. The van der Waals surface area contributed by atoms with Crippen LogP contribution in [0.2, 0.25) is 0 Å². The third-order valence-electron chi connectivity index (χ3n) is 7.96. The number of hydrogen-bond donors (Lipinski definition) is 1. The Hall–Kier alpha value is -3.73. The maximum Gasteiger partial charge on any atom is 0.356 e. The average molecular weight is 719 g/mol. The number of nitro groups is 1. The first-order valence-electron chi connectivity index (χ1n) is 15.2. The fourth-order valence-electron chi connectivity index (χ4n) is 5.80. The van der Waals surface area contributed by atoms with Crippen LogP contribution in [0.5, 0.6) is 0 Å². The Balaban J connectivity index is 1.83. The van der Waals surface area contributed by atoms with Gasteiger partial charge in [0.1, 0.15) is 20.9 Å². The maximum absolute atomic E-state index is 14.9. The van der Waals surface area contributed by atoms with Crippen LogP contribution >= 0.6 is 42.6 Å². The van der Waals surface area contributed by atoms with Crippen molar-refractivity contribution in [1.29, 1.82) is 0 Å². The first-order valence-corrected chi connectivity index (χ1v) is 19.3. The van der Waals surface area contributed by atoms with E-state index in [9.17, 15) is 24.8 Å². The molecule has 2 atom stereocenters. The number of rotatable bonds is 11. The molecule has 0 aromatic heterocycles. The molecule has 1 amide bonds. The number of amides is 1. The van der Waals surface area contributed by atoms with Gasteiger partial charge in [-0.05, 0) is 53.2 Å². The van der Waals surface area contributed by atoms with Gasteiger partial charge in [-0.1, -0.05) is 122 Å². The van der Waals surface area contributed by atoms with E-state index in [4.69, 9.17) is 17.0 Å². The monoisotopic (exact) mass is 718 g/mol. The summed E-state index contributed by atoms with van der Waals surface area (Å²) < 4.78 is 6.66. The van der Waals surface area contributed by atoms with E-state index >= 15 is 0 Å². The van der Waals surface area contributed by atoms with E-state index in [1.807, 2.05) is 97.9 Å². The Kier molecular flexibility index (Phi) is 11.3. The van der Waals surface area contributed by atoms with E-state index in [1.165, 1.54) is 52.7 Å². The number of ether oxygens (including phenoxy) is 1. The van der Waals surface area contributed by atoms with Crippen LogP contribution in [0.1, 0.15) is 26.3 Å². The molecule has 1 aliphatic rings. The molecule has 12 heteroatoms. The van der Waals surface area contributed by atoms with Crippen molar-refractivity contribution >= 4 is 85.1 Å². The molecule has 1 aliphatic heterocycles. The van der Waals surface area contributed by atoms with Crippen molar-refractivity contribution in [3.8, 4) is 0 Å². The molecule has 2 unspecified atom stereocenters. The Morgan fingerprint density at radius 1 is 0.917 bits per heavy atom. The number of thiocarbonyl (C=S) groups is 1. The van der Waals surface area contributed by atoms with Gasteiger partial charge < -0.3 is 9.84 Å². The smallest absolute Gasteiger partial charge is 0.356 e. The van der Waals surface area contributed by atoms with E-state index in [2.05, 4.69) is 0 Å². The molecule has 1 fully saturated rings. The Labute approximate surface area is 294 Å². The first kappa shape index (κ1) is 35.6. The lowest BCUT2D eigenvalue weighted by Gasteiger charge is -2.52. The van der Waals surface area contributed by atoms with E-state index < -0.39 is 40.6 Å². The van der Waals surface area contributed by atoms with Crippen molar-refractivity contribution in [2.24, 2.45) is 5.92 Å². The molecule has 5 rings (SSSR count). The number of nitro benzene ring substituents is 1. The molecule has 48 heavy (non-hydrogen) atoms. The highest BCUT2D eigenvalue weighted by Gasteiger charge is 2.59. The van der Waals surface area contributed by atoms with Gasteiger partial charge in [0.15, 0.2) is 0 Å². The van der Waals surface area contributed by atoms with Gasteiger partial charge in [0, 0.05) is 19.0 Å². The normalized spacial score (nSPS) is 16.2. The molecule has 1 heterocycles. The quantitative estimate of drug-likeness (QED) is 0.0492. The minimum Gasteiger partial charge on any atom is -0.456 e. The van der Waals surface area contributed by atoms with Crippen LogP contribution in [-0.4, -0.2) is 52.5 Å². The molecule has 0 bridgehead atoms. The van der Waals surface area contributed by atoms with E-state index in [0.717, 1.165) is 21.7 Å². The number of aliphatic hydroxyl groups is 1. The molecule has 8 nitrogen and oxygen atoms in total. The van der Waals surface area contributed by atoms with E-state index in [1.54, 1.807) is 13.8 Å². The number of likely N-dealkylation sites (tertiary alicyclic amines) is 1. The predicted octanol–water partition coefficient (Wildman–Crippen LogP) is 6.09. The van der Waals surface area contributed by atoms with Gasteiger partial charge in [-0.2, -0.15) is 0 Å². The molecule has 4 aromatic rings. The fourth-order valence-corrected chi connectivity index (χ4v) is 13.2. The van der Waals surface area contributed by atoms with Crippen LogP contribution in [0, 0.1) is 16.0 Å². The van der Waals surface area contributed by atoms with Crippen molar-refractivity contribution < 1.29 is 24.4 Å². The molecule has 248 valence electrons. The summed E-state index contributed by atoms with van der Waals surface area (Å²) in [5.41, 5.74) is -0.768. The summed E-state index contributed by atoms with van der Waals surface area (Å²) in [5, 5.41) is 24.3.